The molecule has 0 radical (unpaired) electrons. The van der Waals surface area contributed by atoms with Crippen molar-refractivity contribution in [2.24, 2.45) is 5.73 Å². The van der Waals surface area contributed by atoms with Crippen LogP contribution in [0.3, 0.4) is 0 Å². The number of aliphatic hydroxyl groups is 1. The maximum atomic E-state index is 13.7. The first-order chi connectivity index (χ1) is 16.1. The lowest BCUT2D eigenvalue weighted by Crippen LogP contribution is -2.36. The number of nitrogens with zero attached hydrogens (tertiary/aromatic N) is 2. The van der Waals surface area contributed by atoms with Crippen molar-refractivity contribution >= 4 is 11.3 Å². The molecule has 10 heteroatoms. The predicted molar refractivity (Wildman–Crippen MR) is 125 cm³/mol. The number of benzene rings is 2. The molecule has 2 aromatic carbocycles. The number of unbranched alkanes of at least 4 members (excludes halogenated alkanes) is 2. The Balaban J connectivity index is 1.56. The molecule has 0 aliphatic heterocycles. The summed E-state index contributed by atoms with van der Waals surface area (Å²) in [5.74, 6) is 0.581. The second-order valence-electron chi connectivity index (χ2n) is 8.27. The fourth-order valence-corrected chi connectivity index (χ4v) is 4.00. The van der Waals surface area contributed by atoms with Crippen LogP contribution in [0.5, 0.6) is 11.5 Å². The van der Waals surface area contributed by atoms with Crippen molar-refractivity contribution < 1.29 is 27.8 Å². The minimum atomic E-state index is -4.59. The highest BCUT2D eigenvalue weighted by atomic mass is 32.1. The zero-order chi connectivity index (χ0) is 24.8. The third-order valence-corrected chi connectivity index (χ3v) is 6.33. The summed E-state index contributed by atoms with van der Waals surface area (Å²) < 4.78 is 52.2. The third kappa shape index (κ3) is 6.91. The molecule has 3 rings (SSSR count). The van der Waals surface area contributed by atoms with Crippen molar-refractivity contribution in [2.75, 3.05) is 19.8 Å². The Morgan fingerprint density at radius 2 is 1.74 bits per heavy atom. The standard InChI is InChI=1S/C24H28F3N3O3S/c1-16-7-6-8-18(13-16)32-11-4-3-5-12-33-20-10-9-17(14-19(20)24(25,26)27)21-29-30-22(34-21)23(2,28)15-31/h6-10,13-14,31H,3-5,11-12,15,28H2,1-2H3/t23-/m0/s1. The van der Waals surface area contributed by atoms with Crippen molar-refractivity contribution in [3.05, 3.63) is 58.6 Å². The molecule has 0 fully saturated rings. The minimum absolute atomic E-state index is 0.165. The maximum absolute atomic E-state index is 13.7. The van der Waals surface area contributed by atoms with E-state index < -0.39 is 17.3 Å². The van der Waals surface area contributed by atoms with Crippen LogP contribution in [0, 0.1) is 6.92 Å². The Kier molecular flexibility index (Phi) is 8.51. The molecule has 6 nitrogen and oxygen atoms in total. The average molecular weight is 496 g/mol. The van der Waals surface area contributed by atoms with Crippen LogP contribution in [-0.2, 0) is 11.7 Å². The number of rotatable bonds is 11. The molecular weight excluding hydrogens is 467 g/mol. The number of halogens is 3. The molecule has 0 aliphatic rings. The Bertz CT molecular complexity index is 1090. The number of aromatic nitrogens is 2. The van der Waals surface area contributed by atoms with E-state index in [9.17, 15) is 18.3 Å². The SMILES string of the molecule is Cc1cccc(OCCCCCOc2ccc(-c3nnc([C@@](C)(N)CO)s3)cc2C(F)(F)F)c1. The summed E-state index contributed by atoms with van der Waals surface area (Å²) in [6.45, 7) is 3.90. The summed E-state index contributed by atoms with van der Waals surface area (Å²) in [5.41, 5.74) is 5.32. The lowest BCUT2D eigenvalue weighted by molar-refractivity contribution is -0.138. The second-order valence-corrected chi connectivity index (χ2v) is 9.25. The van der Waals surface area contributed by atoms with Gasteiger partial charge in [-0.1, -0.05) is 23.5 Å². The maximum Gasteiger partial charge on any atom is 0.419 e. The molecule has 0 saturated carbocycles. The number of aliphatic hydroxyl groups excluding tert-OH is 1. The molecule has 3 aromatic rings. The number of hydrogen-bond donors (Lipinski definition) is 2. The highest BCUT2D eigenvalue weighted by Crippen LogP contribution is 2.39. The Hall–Kier alpha value is -2.69. The summed E-state index contributed by atoms with van der Waals surface area (Å²) >= 11 is 1.04. The Labute approximate surface area is 200 Å². The first kappa shape index (κ1) is 25.9. The van der Waals surface area contributed by atoms with Gasteiger partial charge in [0.05, 0.1) is 30.9 Å². The van der Waals surface area contributed by atoms with Gasteiger partial charge < -0.3 is 20.3 Å². The van der Waals surface area contributed by atoms with Gasteiger partial charge in [-0.2, -0.15) is 13.2 Å². The van der Waals surface area contributed by atoms with Gasteiger partial charge in [0.15, 0.2) is 0 Å². The van der Waals surface area contributed by atoms with E-state index in [2.05, 4.69) is 10.2 Å². The van der Waals surface area contributed by atoms with Crippen molar-refractivity contribution in [3.8, 4) is 22.1 Å². The number of hydrogen-bond acceptors (Lipinski definition) is 7. The van der Waals surface area contributed by atoms with E-state index in [1.165, 1.54) is 12.1 Å². The van der Waals surface area contributed by atoms with Crippen LogP contribution in [0.25, 0.3) is 10.6 Å². The quantitative estimate of drug-likeness (QED) is 0.350. The van der Waals surface area contributed by atoms with Gasteiger partial charge in [0.1, 0.15) is 21.5 Å². The Morgan fingerprint density at radius 1 is 1.00 bits per heavy atom. The molecule has 1 aromatic heterocycles. The molecule has 0 unspecified atom stereocenters. The van der Waals surface area contributed by atoms with Crippen LogP contribution in [-0.4, -0.2) is 35.1 Å². The average Bonchev–Trinajstić information content (AvgIpc) is 3.29. The summed E-state index contributed by atoms with van der Waals surface area (Å²) in [5, 5.41) is 17.9. The van der Waals surface area contributed by atoms with Gasteiger partial charge in [0.25, 0.3) is 0 Å². The molecule has 0 saturated heterocycles. The predicted octanol–water partition coefficient (Wildman–Crippen LogP) is 5.33. The van der Waals surface area contributed by atoms with Crippen LogP contribution < -0.4 is 15.2 Å². The van der Waals surface area contributed by atoms with E-state index in [1.807, 2.05) is 31.2 Å². The molecule has 184 valence electrons. The molecule has 34 heavy (non-hydrogen) atoms. The van der Waals surface area contributed by atoms with Gasteiger partial charge in [0, 0.05) is 5.56 Å². The van der Waals surface area contributed by atoms with Crippen LogP contribution in [0.4, 0.5) is 13.2 Å². The number of alkyl halides is 3. The topological polar surface area (TPSA) is 90.5 Å². The van der Waals surface area contributed by atoms with E-state index in [4.69, 9.17) is 15.2 Å². The van der Waals surface area contributed by atoms with Gasteiger partial charge in [-0.15, -0.1) is 10.2 Å². The monoisotopic (exact) mass is 495 g/mol. The van der Waals surface area contributed by atoms with E-state index in [0.717, 1.165) is 41.6 Å². The van der Waals surface area contributed by atoms with Crippen LogP contribution in [0.2, 0.25) is 0 Å². The Morgan fingerprint density at radius 3 is 2.41 bits per heavy atom. The van der Waals surface area contributed by atoms with Gasteiger partial charge in [-0.25, -0.2) is 0 Å². The third-order valence-electron chi connectivity index (χ3n) is 5.08. The highest BCUT2D eigenvalue weighted by molar-refractivity contribution is 7.14. The summed E-state index contributed by atoms with van der Waals surface area (Å²) in [7, 11) is 0. The van der Waals surface area contributed by atoms with Crippen molar-refractivity contribution in [1.82, 2.24) is 10.2 Å². The molecule has 1 heterocycles. The highest BCUT2D eigenvalue weighted by Gasteiger charge is 2.35. The molecule has 0 spiro atoms. The molecule has 0 bridgehead atoms. The molecular formula is C24H28F3N3O3S. The number of aryl methyl sites for hydroxylation is 1. The van der Waals surface area contributed by atoms with E-state index >= 15 is 0 Å². The molecule has 0 amide bonds. The fraction of sp³-hybridized carbons (Fsp3) is 0.417. The zero-order valence-electron chi connectivity index (χ0n) is 19.1. The smallest absolute Gasteiger partial charge is 0.419 e. The van der Waals surface area contributed by atoms with Crippen LogP contribution in [0.1, 0.15) is 42.3 Å². The van der Waals surface area contributed by atoms with Crippen molar-refractivity contribution in [1.29, 1.82) is 0 Å². The molecule has 0 aliphatic carbocycles. The van der Waals surface area contributed by atoms with E-state index in [1.54, 1.807) is 6.92 Å². The van der Waals surface area contributed by atoms with Gasteiger partial charge in [-0.05, 0) is 69.0 Å². The molecule has 1 atom stereocenters. The van der Waals surface area contributed by atoms with Crippen molar-refractivity contribution in [2.45, 2.75) is 44.8 Å². The fourth-order valence-electron chi connectivity index (χ4n) is 3.11. The van der Waals surface area contributed by atoms with Gasteiger partial charge in [0.2, 0.25) is 0 Å². The minimum Gasteiger partial charge on any atom is -0.494 e. The van der Waals surface area contributed by atoms with E-state index in [-0.39, 0.29) is 29.5 Å². The van der Waals surface area contributed by atoms with Gasteiger partial charge in [-0.3, -0.25) is 0 Å². The normalized spacial score (nSPS) is 13.5. The summed E-state index contributed by atoms with van der Waals surface area (Å²) in [6, 6.07) is 11.6. The van der Waals surface area contributed by atoms with Crippen LogP contribution >= 0.6 is 11.3 Å². The molecule has 3 N–H and O–H groups in total. The van der Waals surface area contributed by atoms with Crippen molar-refractivity contribution in [3.63, 3.8) is 0 Å². The number of ether oxygens (including phenoxy) is 2. The van der Waals surface area contributed by atoms with Gasteiger partial charge >= 0.3 is 6.18 Å². The zero-order valence-corrected chi connectivity index (χ0v) is 19.9. The van der Waals surface area contributed by atoms with Crippen LogP contribution in [0.15, 0.2) is 42.5 Å². The lowest BCUT2D eigenvalue weighted by atomic mass is 10.1. The summed E-state index contributed by atoms with van der Waals surface area (Å²) in [4.78, 5) is 0. The second kappa shape index (κ2) is 11.2. The largest absolute Gasteiger partial charge is 0.494 e. The van der Waals surface area contributed by atoms with E-state index in [0.29, 0.717) is 18.0 Å². The first-order valence-electron chi connectivity index (χ1n) is 10.9. The first-order valence-corrected chi connectivity index (χ1v) is 11.7. The lowest BCUT2D eigenvalue weighted by Gasteiger charge is -2.17. The summed E-state index contributed by atoms with van der Waals surface area (Å²) in [6.07, 6.45) is -2.45. The number of nitrogens with two attached hydrogens (primary N) is 1.